The van der Waals surface area contributed by atoms with E-state index in [4.69, 9.17) is 4.74 Å². The van der Waals surface area contributed by atoms with Crippen molar-refractivity contribution >= 4 is 28.8 Å². The highest BCUT2D eigenvalue weighted by molar-refractivity contribution is 5.99. The van der Waals surface area contributed by atoms with E-state index in [1.54, 1.807) is 13.0 Å². The third-order valence-electron chi connectivity index (χ3n) is 4.59. The van der Waals surface area contributed by atoms with E-state index in [1.165, 1.54) is 11.3 Å². The standard InChI is InChI=1S/C19H23N3O4/c1-3-20-19(25)22-17(23)10-26-18(24)12-5-7-16-14(9-12)13-8-11(2)4-6-15(13)21-16/h5,7,9,11,21H,3-4,6,8,10H2,1-2H3,(H2,20,22,23,25)/t11-/m1/s1. The van der Waals surface area contributed by atoms with Crippen molar-refractivity contribution in [2.24, 2.45) is 5.92 Å². The Morgan fingerprint density at radius 2 is 2.12 bits per heavy atom. The molecule has 0 bridgehead atoms. The predicted octanol–water partition coefficient (Wildman–Crippen LogP) is 2.30. The Labute approximate surface area is 151 Å². The number of hydrogen-bond acceptors (Lipinski definition) is 4. The second kappa shape index (κ2) is 7.59. The van der Waals surface area contributed by atoms with E-state index >= 15 is 0 Å². The third kappa shape index (κ3) is 3.87. The number of hydrogen-bond donors (Lipinski definition) is 3. The summed E-state index contributed by atoms with van der Waals surface area (Å²) in [4.78, 5) is 38.5. The average molecular weight is 357 g/mol. The number of imide groups is 1. The fourth-order valence-corrected chi connectivity index (χ4v) is 3.30. The number of carbonyl (C=O) groups excluding carboxylic acids is 3. The highest BCUT2D eigenvalue weighted by Crippen LogP contribution is 2.32. The quantitative estimate of drug-likeness (QED) is 0.731. The van der Waals surface area contributed by atoms with Crippen LogP contribution in [0.3, 0.4) is 0 Å². The van der Waals surface area contributed by atoms with Gasteiger partial charge in [-0.15, -0.1) is 0 Å². The van der Waals surface area contributed by atoms with Gasteiger partial charge in [-0.25, -0.2) is 9.59 Å². The molecule has 1 aliphatic carbocycles. The summed E-state index contributed by atoms with van der Waals surface area (Å²) in [5, 5.41) is 5.55. The van der Waals surface area contributed by atoms with Crippen LogP contribution in [0.1, 0.15) is 41.9 Å². The second-order valence-corrected chi connectivity index (χ2v) is 6.67. The van der Waals surface area contributed by atoms with Crippen LogP contribution < -0.4 is 10.6 Å². The van der Waals surface area contributed by atoms with Gasteiger partial charge in [0.2, 0.25) is 0 Å². The molecule has 1 aromatic carbocycles. The van der Waals surface area contributed by atoms with Gasteiger partial charge in [0, 0.05) is 23.1 Å². The molecule has 1 heterocycles. The van der Waals surface area contributed by atoms with Crippen LogP contribution in [-0.4, -0.2) is 36.0 Å². The highest BCUT2D eigenvalue weighted by Gasteiger charge is 2.21. The number of aromatic amines is 1. The van der Waals surface area contributed by atoms with Gasteiger partial charge in [0.05, 0.1) is 5.56 Å². The topological polar surface area (TPSA) is 100 Å². The van der Waals surface area contributed by atoms with Crippen molar-refractivity contribution in [1.29, 1.82) is 0 Å². The first kappa shape index (κ1) is 18.0. The molecule has 0 fully saturated rings. The van der Waals surface area contributed by atoms with Crippen molar-refractivity contribution < 1.29 is 19.1 Å². The number of aryl methyl sites for hydroxylation is 1. The van der Waals surface area contributed by atoms with E-state index in [0.717, 1.165) is 30.2 Å². The minimum atomic E-state index is -0.668. The number of carbonyl (C=O) groups is 3. The van der Waals surface area contributed by atoms with E-state index in [-0.39, 0.29) is 0 Å². The monoisotopic (exact) mass is 357 g/mol. The van der Waals surface area contributed by atoms with E-state index in [0.29, 0.717) is 18.0 Å². The Morgan fingerprint density at radius 1 is 1.31 bits per heavy atom. The van der Waals surface area contributed by atoms with Crippen LogP contribution in [0.25, 0.3) is 10.9 Å². The molecule has 0 saturated heterocycles. The van der Waals surface area contributed by atoms with E-state index in [1.807, 2.05) is 12.1 Å². The molecule has 1 atom stereocenters. The van der Waals surface area contributed by atoms with E-state index in [9.17, 15) is 14.4 Å². The zero-order chi connectivity index (χ0) is 18.7. The summed E-state index contributed by atoms with van der Waals surface area (Å²) in [6.45, 7) is 3.86. The van der Waals surface area contributed by atoms with E-state index in [2.05, 4.69) is 22.5 Å². The largest absolute Gasteiger partial charge is 0.452 e. The van der Waals surface area contributed by atoms with Crippen LogP contribution >= 0.6 is 0 Å². The molecule has 2 aromatic rings. The Bertz CT molecular complexity index is 856. The summed E-state index contributed by atoms with van der Waals surface area (Å²) in [5.74, 6) is -0.634. The van der Waals surface area contributed by atoms with Crippen LogP contribution in [-0.2, 0) is 22.4 Å². The molecule has 138 valence electrons. The first-order chi connectivity index (χ1) is 12.5. The fourth-order valence-electron chi connectivity index (χ4n) is 3.30. The van der Waals surface area contributed by atoms with Gasteiger partial charge in [-0.2, -0.15) is 0 Å². The van der Waals surface area contributed by atoms with Crippen molar-refractivity contribution in [1.82, 2.24) is 15.6 Å². The Hall–Kier alpha value is -2.83. The van der Waals surface area contributed by atoms with Crippen molar-refractivity contribution in [3.63, 3.8) is 0 Å². The Morgan fingerprint density at radius 3 is 2.88 bits per heavy atom. The van der Waals surface area contributed by atoms with Gasteiger partial charge in [0.25, 0.3) is 5.91 Å². The summed E-state index contributed by atoms with van der Waals surface area (Å²) in [6, 6.07) is 4.75. The zero-order valence-corrected chi connectivity index (χ0v) is 15.0. The van der Waals surface area contributed by atoms with Gasteiger partial charge < -0.3 is 15.0 Å². The lowest BCUT2D eigenvalue weighted by Gasteiger charge is -2.18. The third-order valence-corrected chi connectivity index (χ3v) is 4.59. The van der Waals surface area contributed by atoms with Gasteiger partial charge in [-0.3, -0.25) is 10.1 Å². The normalized spacial score (nSPS) is 16.0. The summed E-state index contributed by atoms with van der Waals surface area (Å²) >= 11 is 0. The number of H-pyrrole nitrogens is 1. The predicted molar refractivity (Wildman–Crippen MR) is 97.0 cm³/mol. The molecule has 26 heavy (non-hydrogen) atoms. The smallest absolute Gasteiger partial charge is 0.338 e. The van der Waals surface area contributed by atoms with Gasteiger partial charge in [0.1, 0.15) is 0 Å². The Balaban J connectivity index is 1.68. The first-order valence-electron chi connectivity index (χ1n) is 8.86. The lowest BCUT2D eigenvalue weighted by molar-refractivity contribution is -0.123. The van der Waals surface area contributed by atoms with Gasteiger partial charge in [-0.05, 0) is 55.9 Å². The number of ether oxygens (including phenoxy) is 1. The molecular formula is C19H23N3O4. The molecule has 0 unspecified atom stereocenters. The molecule has 0 saturated carbocycles. The lowest BCUT2D eigenvalue weighted by atomic mass is 9.87. The number of urea groups is 1. The molecule has 7 nitrogen and oxygen atoms in total. The molecule has 0 radical (unpaired) electrons. The summed E-state index contributed by atoms with van der Waals surface area (Å²) < 4.78 is 5.02. The molecule has 3 rings (SSSR count). The highest BCUT2D eigenvalue weighted by atomic mass is 16.5. The zero-order valence-electron chi connectivity index (χ0n) is 15.0. The second-order valence-electron chi connectivity index (χ2n) is 6.67. The van der Waals surface area contributed by atoms with Gasteiger partial charge in [0.15, 0.2) is 6.61 Å². The minimum absolute atomic E-state index is 0.392. The molecular weight excluding hydrogens is 334 g/mol. The van der Waals surface area contributed by atoms with Crippen molar-refractivity contribution in [3.8, 4) is 0 Å². The average Bonchev–Trinajstić information content (AvgIpc) is 2.97. The number of rotatable bonds is 4. The molecule has 7 heteroatoms. The van der Waals surface area contributed by atoms with Crippen LogP contribution in [0.15, 0.2) is 18.2 Å². The molecule has 0 aliphatic heterocycles. The first-order valence-corrected chi connectivity index (χ1v) is 8.86. The van der Waals surface area contributed by atoms with Crippen molar-refractivity contribution in [3.05, 3.63) is 35.0 Å². The van der Waals surface area contributed by atoms with Crippen molar-refractivity contribution in [2.75, 3.05) is 13.2 Å². The number of aromatic nitrogens is 1. The maximum atomic E-state index is 12.2. The summed E-state index contributed by atoms with van der Waals surface area (Å²) in [7, 11) is 0. The number of fused-ring (bicyclic) bond motifs is 3. The minimum Gasteiger partial charge on any atom is -0.452 e. The van der Waals surface area contributed by atoms with Crippen molar-refractivity contribution in [2.45, 2.75) is 33.1 Å². The van der Waals surface area contributed by atoms with Crippen LogP contribution in [0, 0.1) is 5.92 Å². The number of benzene rings is 1. The molecule has 1 aromatic heterocycles. The number of amides is 3. The van der Waals surface area contributed by atoms with Gasteiger partial charge >= 0.3 is 12.0 Å². The Kier molecular flexibility index (Phi) is 5.25. The van der Waals surface area contributed by atoms with Gasteiger partial charge in [-0.1, -0.05) is 6.92 Å². The maximum absolute atomic E-state index is 12.2. The van der Waals surface area contributed by atoms with Crippen LogP contribution in [0.2, 0.25) is 0 Å². The van der Waals surface area contributed by atoms with Crippen LogP contribution in [0.4, 0.5) is 4.79 Å². The number of nitrogens with one attached hydrogen (secondary N) is 3. The summed E-state index contributed by atoms with van der Waals surface area (Å²) in [5.41, 5.74) is 3.91. The molecule has 1 aliphatic rings. The molecule has 0 spiro atoms. The lowest BCUT2D eigenvalue weighted by Crippen LogP contribution is -2.41. The molecule has 3 N–H and O–H groups in total. The van der Waals surface area contributed by atoms with Crippen LogP contribution in [0.5, 0.6) is 0 Å². The SMILES string of the molecule is CCNC(=O)NC(=O)COC(=O)c1ccc2[nH]c3c(c2c1)C[C@H](C)CC3. The fraction of sp³-hybridized carbons (Fsp3) is 0.421. The molecule has 3 amide bonds. The summed E-state index contributed by atoms with van der Waals surface area (Å²) in [6.07, 6.45) is 3.17. The number of esters is 1. The van der Waals surface area contributed by atoms with E-state index < -0.39 is 24.5 Å². The maximum Gasteiger partial charge on any atom is 0.338 e.